The standard InChI is InChI=1S/C41H49NO5/c1-3-5-9-24-32-27-34(43)35-33(17-4-2)38-40(35,42(32)39(44)45-28-29-18-10-6-11-19-29)25-16-26-41(38)46-36(30-20-12-7-13-21-30)37(47-41)31-22-14-8-15-23-31/h6-8,10-15,18-23,32-33,35-38H,3-5,9,16-17,24-28H2,1-2H3/t32-,33?,35-,36-,37-,38+,40+/m1/s1. The van der Waals surface area contributed by atoms with E-state index in [-0.39, 0.29) is 48.7 Å². The lowest BCUT2D eigenvalue weighted by atomic mass is 9.41. The highest BCUT2D eigenvalue weighted by Gasteiger charge is 2.78. The number of hydrogen-bond acceptors (Lipinski definition) is 5. The van der Waals surface area contributed by atoms with Crippen molar-refractivity contribution in [3.05, 3.63) is 108 Å². The molecule has 0 aromatic heterocycles. The number of carbonyl (C=O) groups is 2. The second-order valence-corrected chi connectivity index (χ2v) is 14.2. The van der Waals surface area contributed by atoms with Crippen molar-refractivity contribution in [2.24, 2.45) is 17.8 Å². The van der Waals surface area contributed by atoms with E-state index in [1.807, 2.05) is 42.5 Å². The van der Waals surface area contributed by atoms with E-state index in [1.54, 1.807) is 0 Å². The van der Waals surface area contributed by atoms with Crippen molar-refractivity contribution in [3.63, 3.8) is 0 Å². The van der Waals surface area contributed by atoms with Crippen LogP contribution in [0.2, 0.25) is 0 Å². The number of carbonyl (C=O) groups excluding carboxylic acids is 2. The Labute approximate surface area is 279 Å². The molecule has 2 aliphatic carbocycles. The van der Waals surface area contributed by atoms with Gasteiger partial charge >= 0.3 is 6.09 Å². The maximum atomic E-state index is 14.5. The van der Waals surface area contributed by atoms with E-state index in [2.05, 4.69) is 67.3 Å². The number of likely N-dealkylation sites (tertiary alicyclic amines) is 1. The second-order valence-electron chi connectivity index (χ2n) is 14.2. The Balaban J connectivity index is 1.30. The number of rotatable bonds is 10. The summed E-state index contributed by atoms with van der Waals surface area (Å²) in [5.74, 6) is -0.883. The van der Waals surface area contributed by atoms with Crippen molar-refractivity contribution in [3.8, 4) is 0 Å². The maximum absolute atomic E-state index is 14.5. The molecule has 47 heavy (non-hydrogen) atoms. The van der Waals surface area contributed by atoms with E-state index in [9.17, 15) is 9.59 Å². The normalized spacial score (nSPS) is 30.8. The summed E-state index contributed by atoms with van der Waals surface area (Å²) in [6.45, 7) is 4.59. The Hall–Kier alpha value is -3.48. The quantitative estimate of drug-likeness (QED) is 0.208. The van der Waals surface area contributed by atoms with E-state index in [0.29, 0.717) is 12.2 Å². The van der Waals surface area contributed by atoms with Crippen molar-refractivity contribution >= 4 is 11.9 Å². The van der Waals surface area contributed by atoms with Gasteiger partial charge in [0.2, 0.25) is 0 Å². The predicted octanol–water partition coefficient (Wildman–Crippen LogP) is 9.36. The number of fused-ring (bicyclic) bond motifs is 1. The molecule has 0 radical (unpaired) electrons. The number of unbranched alkanes of at least 4 members (excludes halogenated alkanes) is 2. The van der Waals surface area contributed by atoms with Crippen LogP contribution in [0.4, 0.5) is 4.79 Å². The van der Waals surface area contributed by atoms with Crippen molar-refractivity contribution in [2.75, 3.05) is 0 Å². The van der Waals surface area contributed by atoms with Crippen LogP contribution in [0.1, 0.15) is 107 Å². The molecule has 2 saturated heterocycles. The van der Waals surface area contributed by atoms with Gasteiger partial charge in [-0.25, -0.2) is 4.79 Å². The van der Waals surface area contributed by atoms with Gasteiger partial charge in [0.05, 0.1) is 5.54 Å². The SMILES string of the molecule is CCCCC[C@@H]1CC(=O)[C@H]2C(CCC)[C@@H]3C4(CCC[C@@]32N1C(=O)OCc1ccccc1)O[C@H](c1ccccc1)[C@@H](c1ccccc1)O4. The molecule has 248 valence electrons. The molecule has 7 rings (SSSR count). The largest absolute Gasteiger partial charge is 0.445 e. The highest BCUT2D eigenvalue weighted by molar-refractivity contribution is 5.88. The fourth-order valence-electron chi connectivity index (χ4n) is 9.78. The highest BCUT2D eigenvalue weighted by atomic mass is 16.8. The third-order valence-electron chi connectivity index (χ3n) is 11.5. The number of Topliss-reactive ketones (excluding diaryl/α,β-unsaturated/α-hetero) is 1. The van der Waals surface area contributed by atoms with Crippen LogP contribution >= 0.6 is 0 Å². The number of ether oxygens (including phenoxy) is 3. The molecule has 1 unspecified atom stereocenters. The minimum absolute atomic E-state index is 0.0831. The Morgan fingerprint density at radius 3 is 2.02 bits per heavy atom. The molecule has 0 N–H and O–H groups in total. The molecule has 1 amide bonds. The van der Waals surface area contributed by atoms with Crippen molar-refractivity contribution < 1.29 is 23.8 Å². The third-order valence-corrected chi connectivity index (χ3v) is 11.5. The molecule has 3 aromatic rings. The van der Waals surface area contributed by atoms with Gasteiger partial charge in [-0.3, -0.25) is 9.69 Å². The number of benzene rings is 3. The Morgan fingerprint density at radius 1 is 0.809 bits per heavy atom. The summed E-state index contributed by atoms with van der Waals surface area (Å²) in [6, 6.07) is 30.4. The Bertz CT molecular complexity index is 1470. The fourth-order valence-corrected chi connectivity index (χ4v) is 9.78. The summed E-state index contributed by atoms with van der Waals surface area (Å²) in [4.78, 5) is 30.9. The number of ketones is 1. The highest BCUT2D eigenvalue weighted by Crippen LogP contribution is 2.70. The van der Waals surface area contributed by atoms with Gasteiger partial charge in [0, 0.05) is 30.7 Å². The lowest BCUT2D eigenvalue weighted by molar-refractivity contribution is -0.329. The van der Waals surface area contributed by atoms with E-state index in [0.717, 1.165) is 74.5 Å². The van der Waals surface area contributed by atoms with Crippen LogP contribution in [0, 0.1) is 17.8 Å². The molecule has 6 nitrogen and oxygen atoms in total. The van der Waals surface area contributed by atoms with E-state index in [1.165, 1.54) is 0 Å². The first kappa shape index (κ1) is 32.1. The molecule has 0 bridgehead atoms. The van der Waals surface area contributed by atoms with Crippen LogP contribution in [0.3, 0.4) is 0 Å². The van der Waals surface area contributed by atoms with Gasteiger partial charge < -0.3 is 14.2 Å². The Kier molecular flexibility index (Phi) is 9.26. The van der Waals surface area contributed by atoms with Crippen LogP contribution in [0.15, 0.2) is 91.0 Å². The molecule has 7 atom stereocenters. The lowest BCUT2D eigenvalue weighted by Gasteiger charge is -2.72. The lowest BCUT2D eigenvalue weighted by Crippen LogP contribution is -2.83. The average molecular weight is 636 g/mol. The van der Waals surface area contributed by atoms with E-state index >= 15 is 0 Å². The van der Waals surface area contributed by atoms with Crippen LogP contribution in [-0.4, -0.2) is 34.1 Å². The van der Waals surface area contributed by atoms with E-state index in [4.69, 9.17) is 14.2 Å². The molecule has 6 heteroatoms. The minimum atomic E-state index is -0.918. The topological polar surface area (TPSA) is 65.1 Å². The van der Waals surface area contributed by atoms with Gasteiger partial charge in [-0.15, -0.1) is 0 Å². The first-order valence-corrected chi connectivity index (χ1v) is 18.0. The summed E-state index contributed by atoms with van der Waals surface area (Å²) in [5, 5.41) is 0. The number of piperidine rings is 1. The molecule has 2 heterocycles. The molecule has 2 aliphatic heterocycles. The van der Waals surface area contributed by atoms with Gasteiger partial charge in [-0.05, 0) is 48.3 Å². The second kappa shape index (κ2) is 13.6. The maximum Gasteiger partial charge on any atom is 0.410 e. The molecule has 4 aliphatic rings. The summed E-state index contributed by atoms with van der Waals surface area (Å²) < 4.78 is 20.8. The monoisotopic (exact) mass is 635 g/mol. The van der Waals surface area contributed by atoms with Gasteiger partial charge in [0.25, 0.3) is 0 Å². The molecular formula is C41H49NO5. The number of amides is 1. The predicted molar refractivity (Wildman–Crippen MR) is 181 cm³/mol. The smallest absolute Gasteiger partial charge is 0.410 e. The zero-order chi connectivity index (χ0) is 32.4. The first-order chi connectivity index (χ1) is 23.0. The summed E-state index contributed by atoms with van der Waals surface area (Å²) >= 11 is 0. The zero-order valence-corrected chi connectivity index (χ0v) is 27.9. The van der Waals surface area contributed by atoms with E-state index < -0.39 is 11.3 Å². The molecule has 2 spiro atoms. The zero-order valence-electron chi connectivity index (χ0n) is 27.9. The fraction of sp³-hybridized carbons (Fsp3) is 0.512. The van der Waals surface area contributed by atoms with Crippen molar-refractivity contribution in [1.29, 1.82) is 0 Å². The number of hydrogen-bond donors (Lipinski definition) is 0. The van der Waals surface area contributed by atoms with Crippen molar-refractivity contribution in [2.45, 2.75) is 114 Å². The van der Waals surface area contributed by atoms with Crippen LogP contribution < -0.4 is 0 Å². The average Bonchev–Trinajstić information content (AvgIpc) is 3.46. The molecular weight excluding hydrogens is 586 g/mol. The Morgan fingerprint density at radius 2 is 1.43 bits per heavy atom. The van der Waals surface area contributed by atoms with Gasteiger partial charge in [-0.2, -0.15) is 0 Å². The summed E-state index contributed by atoms with van der Waals surface area (Å²) in [6.07, 6.45) is 7.60. The summed E-state index contributed by atoms with van der Waals surface area (Å²) in [7, 11) is 0. The van der Waals surface area contributed by atoms with Crippen LogP contribution in [0.5, 0.6) is 0 Å². The summed E-state index contributed by atoms with van der Waals surface area (Å²) in [5.41, 5.74) is 2.43. The van der Waals surface area contributed by atoms with Crippen LogP contribution in [-0.2, 0) is 25.6 Å². The first-order valence-electron chi connectivity index (χ1n) is 18.0. The molecule has 2 saturated carbocycles. The van der Waals surface area contributed by atoms with Crippen molar-refractivity contribution in [1.82, 2.24) is 4.90 Å². The van der Waals surface area contributed by atoms with Crippen LogP contribution in [0.25, 0.3) is 0 Å². The van der Waals surface area contributed by atoms with Gasteiger partial charge in [-0.1, -0.05) is 131 Å². The number of nitrogens with zero attached hydrogens (tertiary/aromatic N) is 1. The third kappa shape index (κ3) is 5.61. The molecule has 3 aromatic carbocycles. The molecule has 4 fully saturated rings. The van der Waals surface area contributed by atoms with Gasteiger partial charge in [0.1, 0.15) is 24.6 Å². The minimum Gasteiger partial charge on any atom is -0.445 e. The van der Waals surface area contributed by atoms with Gasteiger partial charge in [0.15, 0.2) is 5.79 Å².